The van der Waals surface area contributed by atoms with Crippen molar-refractivity contribution in [3.05, 3.63) is 47.0 Å². The zero-order chi connectivity index (χ0) is 17.0. The van der Waals surface area contributed by atoms with Gasteiger partial charge in [0.1, 0.15) is 23.0 Å². The molecule has 2 aromatic rings. The summed E-state index contributed by atoms with van der Waals surface area (Å²) in [6, 6.07) is 8.72. The van der Waals surface area contributed by atoms with Crippen LogP contribution in [0.25, 0.3) is 0 Å². The first-order valence-electron chi connectivity index (χ1n) is 7.76. The Morgan fingerprint density at radius 1 is 1.00 bits per heavy atom. The quantitative estimate of drug-likeness (QED) is 0.831. The maximum Gasteiger partial charge on any atom is 0.125 e. The summed E-state index contributed by atoms with van der Waals surface area (Å²) in [4.78, 5) is 0. The summed E-state index contributed by atoms with van der Waals surface area (Å²) in [5.74, 6) is 1.68. The van der Waals surface area contributed by atoms with Crippen molar-refractivity contribution >= 4 is 0 Å². The van der Waals surface area contributed by atoms with Gasteiger partial charge in [0, 0.05) is 23.1 Å². The Bertz CT molecular complexity index is 654. The Morgan fingerprint density at radius 2 is 1.61 bits per heavy atom. The van der Waals surface area contributed by atoms with Crippen molar-refractivity contribution in [3.8, 4) is 23.0 Å². The number of phenolic OH excluding ortho intramolecular Hbond substituents is 2. The van der Waals surface area contributed by atoms with E-state index in [1.165, 1.54) is 6.07 Å². The molecule has 0 aliphatic heterocycles. The van der Waals surface area contributed by atoms with Crippen LogP contribution in [0.1, 0.15) is 42.4 Å². The van der Waals surface area contributed by atoms with Gasteiger partial charge >= 0.3 is 0 Å². The first-order chi connectivity index (χ1) is 11.0. The predicted octanol–water partition coefficient (Wildman–Crippen LogP) is 4.36. The van der Waals surface area contributed by atoms with Gasteiger partial charge in [-0.2, -0.15) is 0 Å². The summed E-state index contributed by atoms with van der Waals surface area (Å²) in [5, 5.41) is 19.8. The second-order valence-electron chi connectivity index (χ2n) is 5.63. The lowest BCUT2D eigenvalue weighted by Gasteiger charge is -2.21. The van der Waals surface area contributed by atoms with Crippen LogP contribution in [0.2, 0.25) is 0 Å². The Labute approximate surface area is 137 Å². The summed E-state index contributed by atoms with van der Waals surface area (Å²) in [7, 11) is 3.27. The summed E-state index contributed by atoms with van der Waals surface area (Å²) in [6.07, 6.45) is 1.83. The standard InChI is InChI=1S/C19H24O4/c1-5-6-15(16-8-7-14(20)11-17(16)21)13-9-18(22-3)12(2)19(10-13)23-4/h7-11,15,20-21H,5-6H2,1-4H3. The molecule has 0 saturated heterocycles. The Hall–Kier alpha value is -2.36. The van der Waals surface area contributed by atoms with Crippen molar-refractivity contribution in [1.82, 2.24) is 0 Å². The lowest BCUT2D eigenvalue weighted by atomic mass is 9.86. The van der Waals surface area contributed by atoms with Crippen LogP contribution < -0.4 is 9.47 Å². The molecule has 0 heterocycles. The minimum atomic E-state index is 0.00370. The van der Waals surface area contributed by atoms with Gasteiger partial charge in [0.2, 0.25) is 0 Å². The summed E-state index contributed by atoms with van der Waals surface area (Å²) >= 11 is 0. The van der Waals surface area contributed by atoms with Gasteiger partial charge in [-0.05, 0) is 37.1 Å². The zero-order valence-corrected chi connectivity index (χ0v) is 14.1. The third-order valence-corrected chi connectivity index (χ3v) is 4.14. The summed E-state index contributed by atoms with van der Waals surface area (Å²) in [5.41, 5.74) is 2.76. The number of phenols is 2. The SMILES string of the molecule is CCCC(c1cc(OC)c(C)c(OC)c1)c1ccc(O)cc1O. The summed E-state index contributed by atoms with van der Waals surface area (Å²) < 4.78 is 10.9. The van der Waals surface area contributed by atoms with Crippen molar-refractivity contribution < 1.29 is 19.7 Å². The molecule has 0 bridgehead atoms. The van der Waals surface area contributed by atoms with Gasteiger partial charge in [0.15, 0.2) is 0 Å². The average Bonchev–Trinajstić information content (AvgIpc) is 2.53. The van der Waals surface area contributed by atoms with Crippen LogP contribution in [0.15, 0.2) is 30.3 Å². The van der Waals surface area contributed by atoms with Crippen LogP contribution in [0, 0.1) is 6.92 Å². The Balaban J connectivity index is 2.57. The topological polar surface area (TPSA) is 58.9 Å². The molecule has 4 heteroatoms. The van der Waals surface area contributed by atoms with Crippen molar-refractivity contribution in [1.29, 1.82) is 0 Å². The van der Waals surface area contributed by atoms with Crippen LogP contribution in [0.5, 0.6) is 23.0 Å². The lowest BCUT2D eigenvalue weighted by Crippen LogP contribution is -2.04. The average molecular weight is 316 g/mol. The minimum absolute atomic E-state index is 0.00370. The van der Waals surface area contributed by atoms with Gasteiger partial charge in [0.05, 0.1) is 14.2 Å². The molecule has 0 radical (unpaired) electrons. The largest absolute Gasteiger partial charge is 0.508 e. The van der Waals surface area contributed by atoms with E-state index in [-0.39, 0.29) is 17.4 Å². The first-order valence-corrected chi connectivity index (χ1v) is 7.76. The molecule has 0 saturated carbocycles. The van der Waals surface area contributed by atoms with E-state index in [1.54, 1.807) is 26.4 Å². The third-order valence-electron chi connectivity index (χ3n) is 4.14. The number of methoxy groups -OCH3 is 2. The number of rotatable bonds is 6. The molecule has 0 aliphatic rings. The van der Waals surface area contributed by atoms with Crippen LogP contribution in [-0.2, 0) is 0 Å². The molecule has 1 atom stereocenters. The van der Waals surface area contributed by atoms with E-state index in [0.717, 1.165) is 41.0 Å². The molecule has 0 aromatic heterocycles. The van der Waals surface area contributed by atoms with E-state index < -0.39 is 0 Å². The third kappa shape index (κ3) is 3.52. The van der Waals surface area contributed by atoms with E-state index in [1.807, 2.05) is 19.1 Å². The van der Waals surface area contributed by atoms with E-state index >= 15 is 0 Å². The highest BCUT2D eigenvalue weighted by atomic mass is 16.5. The number of hydrogen-bond acceptors (Lipinski definition) is 4. The number of ether oxygens (including phenoxy) is 2. The number of hydrogen-bond donors (Lipinski definition) is 2. The fraction of sp³-hybridized carbons (Fsp3) is 0.368. The molecule has 124 valence electrons. The normalized spacial score (nSPS) is 12.0. The van der Waals surface area contributed by atoms with Gasteiger partial charge in [-0.25, -0.2) is 0 Å². The van der Waals surface area contributed by atoms with Gasteiger partial charge in [-0.15, -0.1) is 0 Å². The summed E-state index contributed by atoms with van der Waals surface area (Å²) in [6.45, 7) is 4.06. The molecule has 2 rings (SSSR count). The molecule has 0 amide bonds. The smallest absolute Gasteiger partial charge is 0.125 e. The maximum atomic E-state index is 10.2. The highest BCUT2D eigenvalue weighted by molar-refractivity contribution is 5.52. The maximum absolute atomic E-state index is 10.2. The first kappa shape index (κ1) is 17.0. The molecule has 2 N–H and O–H groups in total. The monoisotopic (exact) mass is 316 g/mol. The van der Waals surface area contributed by atoms with Crippen LogP contribution >= 0.6 is 0 Å². The second kappa shape index (κ2) is 7.27. The van der Waals surface area contributed by atoms with Crippen LogP contribution in [-0.4, -0.2) is 24.4 Å². The minimum Gasteiger partial charge on any atom is -0.508 e. The van der Waals surface area contributed by atoms with Gasteiger partial charge in [-0.1, -0.05) is 19.4 Å². The van der Waals surface area contributed by atoms with E-state index in [2.05, 4.69) is 6.92 Å². The predicted molar refractivity (Wildman–Crippen MR) is 90.8 cm³/mol. The molecule has 0 spiro atoms. The number of aromatic hydroxyl groups is 2. The lowest BCUT2D eigenvalue weighted by molar-refractivity contribution is 0.387. The molecular formula is C19H24O4. The van der Waals surface area contributed by atoms with Crippen molar-refractivity contribution in [3.63, 3.8) is 0 Å². The molecule has 2 aromatic carbocycles. The van der Waals surface area contributed by atoms with Gasteiger partial charge in [-0.3, -0.25) is 0 Å². The fourth-order valence-corrected chi connectivity index (χ4v) is 2.92. The number of benzene rings is 2. The van der Waals surface area contributed by atoms with Crippen molar-refractivity contribution in [2.75, 3.05) is 14.2 Å². The van der Waals surface area contributed by atoms with Gasteiger partial charge < -0.3 is 19.7 Å². The van der Waals surface area contributed by atoms with E-state index in [9.17, 15) is 10.2 Å². The Kier molecular flexibility index (Phi) is 5.37. The van der Waals surface area contributed by atoms with E-state index in [0.29, 0.717) is 0 Å². The fourth-order valence-electron chi connectivity index (χ4n) is 2.92. The van der Waals surface area contributed by atoms with E-state index in [4.69, 9.17) is 9.47 Å². The van der Waals surface area contributed by atoms with Crippen molar-refractivity contribution in [2.45, 2.75) is 32.6 Å². The van der Waals surface area contributed by atoms with Gasteiger partial charge in [0.25, 0.3) is 0 Å². The molecule has 0 aliphatic carbocycles. The zero-order valence-electron chi connectivity index (χ0n) is 14.1. The highest BCUT2D eigenvalue weighted by Crippen LogP contribution is 2.40. The molecule has 4 nitrogen and oxygen atoms in total. The molecular weight excluding hydrogens is 292 g/mol. The molecule has 23 heavy (non-hydrogen) atoms. The molecule has 1 unspecified atom stereocenters. The van der Waals surface area contributed by atoms with Crippen LogP contribution in [0.3, 0.4) is 0 Å². The van der Waals surface area contributed by atoms with Crippen molar-refractivity contribution in [2.24, 2.45) is 0 Å². The highest BCUT2D eigenvalue weighted by Gasteiger charge is 2.20. The molecule has 0 fully saturated rings. The Morgan fingerprint density at radius 3 is 2.09 bits per heavy atom. The van der Waals surface area contributed by atoms with Crippen LogP contribution in [0.4, 0.5) is 0 Å². The second-order valence-corrected chi connectivity index (χ2v) is 5.63.